The molecule has 6 nitrogen and oxygen atoms in total. The van der Waals surface area contributed by atoms with Crippen molar-refractivity contribution in [1.82, 2.24) is 0 Å². The fourth-order valence-corrected chi connectivity index (χ4v) is 4.32. The molecule has 110 valence electrons. The minimum Gasteiger partial charge on any atom is -0.481 e. The molecule has 2 aliphatic heterocycles. The van der Waals surface area contributed by atoms with Gasteiger partial charge in [0.2, 0.25) is 0 Å². The molecule has 0 aromatic rings. The van der Waals surface area contributed by atoms with E-state index >= 15 is 0 Å². The molecule has 0 bridgehead atoms. The predicted molar refractivity (Wildman–Crippen MR) is 74.7 cm³/mol. The Labute approximate surface area is 126 Å². The van der Waals surface area contributed by atoms with E-state index in [1.165, 1.54) is 0 Å². The fourth-order valence-electron chi connectivity index (χ4n) is 2.89. The van der Waals surface area contributed by atoms with Gasteiger partial charge in [0.15, 0.2) is 18.0 Å². The Balaban J connectivity index is 2.24. The Morgan fingerprint density at radius 3 is 2.35 bits per heavy atom. The van der Waals surface area contributed by atoms with Gasteiger partial charge in [-0.15, -0.1) is 3.89 Å². The highest BCUT2D eigenvalue weighted by molar-refractivity contribution is 8.11. The number of carbonyl (C=O) groups is 4. The minimum atomic E-state index is -1.03. The van der Waals surface area contributed by atoms with E-state index in [1.807, 2.05) is 0 Å². The third kappa shape index (κ3) is 2.29. The largest absolute Gasteiger partial charge is 0.481 e. The number of imide groups is 1. The lowest BCUT2D eigenvalue weighted by Crippen LogP contribution is -2.71. The maximum absolute atomic E-state index is 12.4. The van der Waals surface area contributed by atoms with Crippen molar-refractivity contribution in [1.29, 1.82) is 0 Å². The first-order valence-electron chi connectivity index (χ1n) is 6.27. The SMILES string of the molecule is CC1(CC(=O)O)CC(=O)[N+]2(SC(=O)[C@@H]2CCS)C(=O)C1. The van der Waals surface area contributed by atoms with Gasteiger partial charge in [-0.25, -0.2) is 9.59 Å². The molecule has 2 amide bonds. The van der Waals surface area contributed by atoms with Crippen LogP contribution in [0.3, 0.4) is 0 Å². The van der Waals surface area contributed by atoms with E-state index in [1.54, 1.807) is 6.92 Å². The molecular formula is C12H16NO5S2+. The van der Waals surface area contributed by atoms with Crippen LogP contribution in [-0.4, -0.2) is 43.7 Å². The van der Waals surface area contributed by atoms with Crippen molar-refractivity contribution in [2.45, 2.75) is 38.6 Å². The van der Waals surface area contributed by atoms with Gasteiger partial charge in [-0.1, -0.05) is 6.92 Å². The van der Waals surface area contributed by atoms with Crippen LogP contribution in [0.2, 0.25) is 0 Å². The first-order chi connectivity index (χ1) is 9.25. The van der Waals surface area contributed by atoms with Crippen LogP contribution in [0.4, 0.5) is 0 Å². The van der Waals surface area contributed by atoms with Crippen LogP contribution < -0.4 is 0 Å². The number of nitrogens with zero attached hydrogens (tertiary/aromatic N) is 1. The Morgan fingerprint density at radius 1 is 1.40 bits per heavy atom. The van der Waals surface area contributed by atoms with Gasteiger partial charge in [0.1, 0.15) is 0 Å². The highest BCUT2D eigenvalue weighted by atomic mass is 32.2. The summed E-state index contributed by atoms with van der Waals surface area (Å²) in [5.74, 6) is -1.33. The van der Waals surface area contributed by atoms with E-state index < -0.39 is 21.3 Å². The lowest BCUT2D eigenvalue weighted by molar-refractivity contribution is -0.674. The monoisotopic (exact) mass is 318 g/mol. The topological polar surface area (TPSA) is 88.5 Å². The zero-order valence-electron chi connectivity index (χ0n) is 11.0. The molecule has 8 heteroatoms. The van der Waals surface area contributed by atoms with E-state index in [0.29, 0.717) is 12.2 Å². The molecule has 2 aliphatic rings. The Morgan fingerprint density at radius 2 is 1.95 bits per heavy atom. The van der Waals surface area contributed by atoms with Crippen LogP contribution in [0.15, 0.2) is 0 Å². The number of aliphatic carboxylic acids is 1. The molecule has 0 radical (unpaired) electrons. The second kappa shape index (κ2) is 5.16. The van der Waals surface area contributed by atoms with Crippen molar-refractivity contribution in [2.75, 3.05) is 5.75 Å². The molecule has 0 aliphatic carbocycles. The minimum absolute atomic E-state index is 0.00832. The first-order valence-corrected chi connectivity index (χ1v) is 7.67. The summed E-state index contributed by atoms with van der Waals surface area (Å²) in [4.78, 5) is 47.3. The summed E-state index contributed by atoms with van der Waals surface area (Å²) in [6, 6.07) is -0.646. The maximum Gasteiger partial charge on any atom is 0.334 e. The van der Waals surface area contributed by atoms with E-state index in [4.69, 9.17) is 5.11 Å². The van der Waals surface area contributed by atoms with Gasteiger partial charge in [-0.05, 0) is 5.75 Å². The Bertz CT molecular complexity index is 486. The van der Waals surface area contributed by atoms with E-state index in [9.17, 15) is 19.2 Å². The molecule has 2 saturated heterocycles. The third-order valence-electron chi connectivity index (χ3n) is 3.82. The quantitative estimate of drug-likeness (QED) is 0.348. The summed E-state index contributed by atoms with van der Waals surface area (Å²) in [6.07, 6.45) is 0.172. The first kappa shape index (κ1) is 15.5. The molecule has 2 fully saturated rings. The van der Waals surface area contributed by atoms with Gasteiger partial charge in [0.25, 0.3) is 0 Å². The van der Waals surface area contributed by atoms with Gasteiger partial charge < -0.3 is 5.11 Å². The van der Waals surface area contributed by atoms with Gasteiger partial charge >= 0.3 is 22.9 Å². The number of rotatable bonds is 4. The number of carbonyl (C=O) groups excluding carboxylic acids is 3. The van der Waals surface area contributed by atoms with Gasteiger partial charge in [0, 0.05) is 11.8 Å². The number of carboxylic acid groups (broad SMARTS) is 1. The van der Waals surface area contributed by atoms with Crippen molar-refractivity contribution in [3.05, 3.63) is 0 Å². The van der Waals surface area contributed by atoms with Crippen molar-refractivity contribution in [2.24, 2.45) is 5.41 Å². The smallest absolute Gasteiger partial charge is 0.334 e. The number of thiol groups is 1. The second-order valence-corrected chi connectivity index (χ2v) is 7.23. The van der Waals surface area contributed by atoms with Crippen LogP contribution in [0.1, 0.15) is 32.6 Å². The summed E-state index contributed by atoms with van der Waals surface area (Å²) in [5, 5.41) is 8.72. The summed E-state index contributed by atoms with van der Waals surface area (Å²) in [7, 11) is 0. The molecule has 1 N–H and O–H groups in total. The summed E-state index contributed by atoms with van der Waals surface area (Å²) in [5.41, 5.74) is -0.853. The van der Waals surface area contributed by atoms with Crippen molar-refractivity contribution in [3.8, 4) is 0 Å². The van der Waals surface area contributed by atoms with Gasteiger partial charge in [-0.2, -0.15) is 12.6 Å². The van der Waals surface area contributed by atoms with Crippen molar-refractivity contribution in [3.63, 3.8) is 0 Å². The fraction of sp³-hybridized carbons (Fsp3) is 0.667. The van der Waals surface area contributed by atoms with Crippen LogP contribution in [0, 0.1) is 5.41 Å². The zero-order valence-corrected chi connectivity index (χ0v) is 12.7. The average molecular weight is 318 g/mol. The standard InChI is InChI=1S/C12H15NO5S2/c1-12(6-10(16)17)4-8(14)13(9(15)5-12)7(2-3-19)11(18)20-13/h7H,2-6H2,1H3,(H-,16,17,19)/p+1/t7-,12?,13?/m0/s1. The number of piperidine rings is 1. The highest BCUT2D eigenvalue weighted by Crippen LogP contribution is 2.51. The summed E-state index contributed by atoms with van der Waals surface area (Å²) >= 11 is 4.81. The zero-order chi connectivity index (χ0) is 15.1. The highest BCUT2D eigenvalue weighted by Gasteiger charge is 2.69. The van der Waals surface area contributed by atoms with E-state index in [-0.39, 0.29) is 36.2 Å². The number of quaternary nitrogens is 1. The molecule has 2 rings (SSSR count). The third-order valence-corrected chi connectivity index (χ3v) is 5.48. The molecule has 1 spiro atoms. The molecule has 0 saturated carbocycles. The van der Waals surface area contributed by atoms with E-state index in [2.05, 4.69) is 12.6 Å². The van der Waals surface area contributed by atoms with Gasteiger partial charge in [-0.3, -0.25) is 9.59 Å². The van der Waals surface area contributed by atoms with Crippen molar-refractivity contribution >= 4 is 47.5 Å². The Hall–Kier alpha value is -0.860. The van der Waals surface area contributed by atoms with Crippen LogP contribution in [0.5, 0.6) is 0 Å². The molecule has 1 atom stereocenters. The summed E-state index contributed by atoms with van der Waals surface area (Å²) in [6.45, 7) is 1.63. The predicted octanol–water partition coefficient (Wildman–Crippen LogP) is 1.01. The number of amides is 2. The number of carboxylic acids is 1. The van der Waals surface area contributed by atoms with Crippen molar-refractivity contribution < 1.29 is 28.2 Å². The average Bonchev–Trinajstić information content (AvgIpc) is 2.29. The molecular weight excluding hydrogens is 302 g/mol. The van der Waals surface area contributed by atoms with Crippen LogP contribution in [-0.2, 0) is 19.2 Å². The number of hydrogen-bond acceptors (Lipinski definition) is 6. The van der Waals surface area contributed by atoms with Crippen LogP contribution >= 0.6 is 24.6 Å². The molecule has 2 heterocycles. The molecule has 0 aromatic carbocycles. The van der Waals surface area contributed by atoms with Crippen LogP contribution in [0.25, 0.3) is 0 Å². The molecule has 0 unspecified atom stereocenters. The van der Waals surface area contributed by atoms with E-state index in [0.717, 1.165) is 11.9 Å². The Kier molecular flexibility index (Phi) is 4.01. The maximum atomic E-state index is 12.4. The van der Waals surface area contributed by atoms with Gasteiger partial charge in [0.05, 0.1) is 19.3 Å². The normalized spacial score (nSPS) is 37.1. The molecule has 0 aromatic heterocycles. The lowest BCUT2D eigenvalue weighted by atomic mass is 9.76. The number of hydrogen-bond donors (Lipinski definition) is 2. The second-order valence-electron chi connectivity index (χ2n) is 5.62. The molecule has 20 heavy (non-hydrogen) atoms. The lowest BCUT2D eigenvalue weighted by Gasteiger charge is -2.47. The summed E-state index contributed by atoms with van der Waals surface area (Å²) < 4.78 is -0.491.